The van der Waals surface area contributed by atoms with Gasteiger partial charge in [0.15, 0.2) is 0 Å². The Morgan fingerprint density at radius 2 is 1.48 bits per heavy atom. The van der Waals surface area contributed by atoms with Crippen molar-refractivity contribution in [1.82, 2.24) is 4.98 Å². The van der Waals surface area contributed by atoms with E-state index < -0.39 is 6.10 Å². The minimum absolute atomic E-state index is 0.676. The van der Waals surface area contributed by atoms with E-state index in [0.717, 1.165) is 22.6 Å². The van der Waals surface area contributed by atoms with Crippen LogP contribution in [-0.4, -0.2) is 10.1 Å². The number of ether oxygens (including phenoxy) is 1. The molecule has 3 aromatic rings. The Hall–Kier alpha value is -2.65. The van der Waals surface area contributed by atoms with Gasteiger partial charge in [0.1, 0.15) is 17.6 Å². The molecule has 0 amide bonds. The second-order valence-corrected chi connectivity index (χ2v) is 4.67. The third kappa shape index (κ3) is 3.27. The van der Waals surface area contributed by atoms with E-state index in [1.807, 2.05) is 66.7 Å². The van der Waals surface area contributed by atoms with Crippen molar-refractivity contribution < 1.29 is 9.84 Å². The summed E-state index contributed by atoms with van der Waals surface area (Å²) in [6.07, 6.45) is 2.68. The van der Waals surface area contributed by atoms with Crippen molar-refractivity contribution in [2.24, 2.45) is 0 Å². The number of hydrogen-bond acceptors (Lipinski definition) is 3. The first-order valence-corrected chi connectivity index (χ1v) is 6.74. The molecule has 1 unspecified atom stereocenters. The molecule has 0 fully saturated rings. The smallest absolute Gasteiger partial charge is 0.127 e. The normalized spacial score (nSPS) is 11.9. The maximum atomic E-state index is 10.3. The highest BCUT2D eigenvalue weighted by Crippen LogP contribution is 2.25. The number of aliphatic hydroxyl groups excluding tert-OH is 1. The first-order valence-electron chi connectivity index (χ1n) is 6.74. The van der Waals surface area contributed by atoms with Crippen molar-refractivity contribution in [3.63, 3.8) is 0 Å². The molecule has 0 aliphatic heterocycles. The van der Waals surface area contributed by atoms with Crippen LogP contribution in [0.5, 0.6) is 11.5 Å². The zero-order valence-electron chi connectivity index (χ0n) is 11.4. The van der Waals surface area contributed by atoms with Crippen LogP contribution in [0, 0.1) is 0 Å². The molecule has 3 heteroatoms. The zero-order chi connectivity index (χ0) is 14.5. The zero-order valence-corrected chi connectivity index (χ0v) is 11.4. The molecule has 104 valence electrons. The summed E-state index contributed by atoms with van der Waals surface area (Å²) >= 11 is 0. The summed E-state index contributed by atoms with van der Waals surface area (Å²) < 4.78 is 5.72. The van der Waals surface area contributed by atoms with Crippen LogP contribution in [0.1, 0.15) is 17.2 Å². The van der Waals surface area contributed by atoms with Gasteiger partial charge in [-0.25, -0.2) is 0 Å². The van der Waals surface area contributed by atoms with Crippen LogP contribution >= 0.6 is 0 Å². The molecule has 0 saturated carbocycles. The highest BCUT2D eigenvalue weighted by Gasteiger charge is 2.10. The highest BCUT2D eigenvalue weighted by atomic mass is 16.5. The van der Waals surface area contributed by atoms with Gasteiger partial charge in [-0.1, -0.05) is 36.4 Å². The lowest BCUT2D eigenvalue weighted by Crippen LogP contribution is -1.99. The van der Waals surface area contributed by atoms with E-state index in [1.54, 1.807) is 12.4 Å². The number of pyridine rings is 1. The summed E-state index contributed by atoms with van der Waals surface area (Å²) in [7, 11) is 0. The standard InChI is InChI=1S/C18H15NO2/c20-18(15-5-4-12-19-13-15)14-8-10-17(11-9-14)21-16-6-2-1-3-7-16/h1-13,18,20H. The summed E-state index contributed by atoms with van der Waals surface area (Å²) in [5, 5.41) is 10.3. The van der Waals surface area contributed by atoms with Gasteiger partial charge in [0, 0.05) is 18.0 Å². The maximum Gasteiger partial charge on any atom is 0.127 e. The second kappa shape index (κ2) is 6.20. The van der Waals surface area contributed by atoms with E-state index in [-0.39, 0.29) is 0 Å². The molecular formula is C18H15NO2. The van der Waals surface area contributed by atoms with Gasteiger partial charge >= 0.3 is 0 Å². The Balaban J connectivity index is 1.75. The van der Waals surface area contributed by atoms with Crippen LogP contribution < -0.4 is 4.74 Å². The van der Waals surface area contributed by atoms with Crippen LogP contribution in [0.3, 0.4) is 0 Å². The third-order valence-electron chi connectivity index (χ3n) is 3.17. The van der Waals surface area contributed by atoms with Gasteiger partial charge in [-0.05, 0) is 35.9 Å². The van der Waals surface area contributed by atoms with Crippen molar-refractivity contribution in [2.75, 3.05) is 0 Å². The fraction of sp³-hybridized carbons (Fsp3) is 0.0556. The molecular weight excluding hydrogens is 262 g/mol. The average molecular weight is 277 g/mol. The summed E-state index contributed by atoms with van der Waals surface area (Å²) in [5.74, 6) is 1.53. The first-order chi connectivity index (χ1) is 10.3. The van der Waals surface area contributed by atoms with E-state index in [0.29, 0.717) is 0 Å². The van der Waals surface area contributed by atoms with Crippen LogP contribution in [0.25, 0.3) is 0 Å². The van der Waals surface area contributed by atoms with E-state index >= 15 is 0 Å². The largest absolute Gasteiger partial charge is 0.457 e. The van der Waals surface area contributed by atoms with E-state index in [4.69, 9.17) is 4.74 Å². The van der Waals surface area contributed by atoms with Gasteiger partial charge < -0.3 is 9.84 Å². The van der Waals surface area contributed by atoms with Crippen molar-refractivity contribution in [3.8, 4) is 11.5 Å². The molecule has 3 nitrogen and oxygen atoms in total. The van der Waals surface area contributed by atoms with Gasteiger partial charge in [-0.15, -0.1) is 0 Å². The van der Waals surface area contributed by atoms with E-state index in [1.165, 1.54) is 0 Å². The molecule has 0 bridgehead atoms. The molecule has 2 aromatic carbocycles. The van der Waals surface area contributed by atoms with Crippen molar-refractivity contribution in [2.45, 2.75) is 6.10 Å². The summed E-state index contributed by atoms with van der Waals surface area (Å²) in [6, 6.07) is 20.7. The Labute approximate surface area is 123 Å². The van der Waals surface area contributed by atoms with Gasteiger partial charge in [0.05, 0.1) is 0 Å². The summed E-state index contributed by atoms with van der Waals surface area (Å²) in [5.41, 5.74) is 1.58. The third-order valence-corrected chi connectivity index (χ3v) is 3.17. The molecule has 1 N–H and O–H groups in total. The number of benzene rings is 2. The topological polar surface area (TPSA) is 42.4 Å². The van der Waals surface area contributed by atoms with Gasteiger partial charge in [-0.3, -0.25) is 4.98 Å². The van der Waals surface area contributed by atoms with Crippen molar-refractivity contribution in [3.05, 3.63) is 90.3 Å². The molecule has 0 saturated heterocycles. The van der Waals surface area contributed by atoms with Gasteiger partial charge in [-0.2, -0.15) is 0 Å². The number of aromatic nitrogens is 1. The molecule has 0 aliphatic carbocycles. The molecule has 3 rings (SSSR count). The number of para-hydroxylation sites is 1. The van der Waals surface area contributed by atoms with Crippen molar-refractivity contribution in [1.29, 1.82) is 0 Å². The number of hydrogen-bond donors (Lipinski definition) is 1. The quantitative estimate of drug-likeness (QED) is 0.785. The maximum absolute atomic E-state index is 10.3. The molecule has 21 heavy (non-hydrogen) atoms. The van der Waals surface area contributed by atoms with Crippen LogP contribution in [-0.2, 0) is 0 Å². The molecule has 0 aliphatic rings. The van der Waals surface area contributed by atoms with Crippen LogP contribution in [0.4, 0.5) is 0 Å². The first kappa shape index (κ1) is 13.3. The lowest BCUT2D eigenvalue weighted by atomic mass is 10.0. The Bertz CT molecular complexity index is 681. The van der Waals surface area contributed by atoms with Gasteiger partial charge in [0.2, 0.25) is 0 Å². The fourth-order valence-corrected chi connectivity index (χ4v) is 2.07. The molecule has 1 heterocycles. The predicted octanol–water partition coefficient (Wildman–Crippen LogP) is 3.96. The van der Waals surface area contributed by atoms with E-state index in [2.05, 4.69) is 4.98 Å². The van der Waals surface area contributed by atoms with Crippen LogP contribution in [0.15, 0.2) is 79.1 Å². The lowest BCUT2D eigenvalue weighted by Gasteiger charge is -2.12. The molecule has 0 radical (unpaired) electrons. The van der Waals surface area contributed by atoms with Crippen molar-refractivity contribution >= 4 is 0 Å². The second-order valence-electron chi connectivity index (χ2n) is 4.67. The summed E-state index contributed by atoms with van der Waals surface area (Å²) in [6.45, 7) is 0. The molecule has 0 spiro atoms. The van der Waals surface area contributed by atoms with Gasteiger partial charge in [0.25, 0.3) is 0 Å². The number of nitrogens with zero attached hydrogens (tertiary/aromatic N) is 1. The lowest BCUT2D eigenvalue weighted by molar-refractivity contribution is 0.220. The highest BCUT2D eigenvalue weighted by molar-refractivity contribution is 5.36. The fourth-order valence-electron chi connectivity index (χ4n) is 2.07. The average Bonchev–Trinajstić information content (AvgIpc) is 2.57. The number of aliphatic hydroxyl groups is 1. The molecule has 1 aromatic heterocycles. The predicted molar refractivity (Wildman–Crippen MR) is 81.3 cm³/mol. The Kier molecular flexibility index (Phi) is 3.94. The Morgan fingerprint density at radius 3 is 2.14 bits per heavy atom. The molecule has 1 atom stereocenters. The monoisotopic (exact) mass is 277 g/mol. The van der Waals surface area contributed by atoms with Crippen LogP contribution in [0.2, 0.25) is 0 Å². The SMILES string of the molecule is OC(c1ccc(Oc2ccccc2)cc1)c1cccnc1. The summed E-state index contributed by atoms with van der Waals surface area (Å²) in [4.78, 5) is 4.02. The van der Waals surface area contributed by atoms with E-state index in [9.17, 15) is 5.11 Å². The minimum Gasteiger partial charge on any atom is -0.457 e. The number of rotatable bonds is 4. The minimum atomic E-state index is -0.676. The Morgan fingerprint density at radius 1 is 0.762 bits per heavy atom.